The standard InChI is InChI=1S/C13H24N2O2/c16-13(8-12-2-1-5-14-9-12)15-6-3-11-4-7-17-10-11/h11-12,14H,1-10H2,(H,15,16). The highest BCUT2D eigenvalue weighted by Crippen LogP contribution is 2.16. The summed E-state index contributed by atoms with van der Waals surface area (Å²) in [6.07, 6.45) is 5.31. The third-order valence-corrected chi connectivity index (χ3v) is 3.77. The first-order valence-corrected chi connectivity index (χ1v) is 6.90. The molecule has 2 N–H and O–H groups in total. The lowest BCUT2D eigenvalue weighted by atomic mass is 9.96. The van der Waals surface area contributed by atoms with Gasteiger partial charge in [0.05, 0.1) is 0 Å². The van der Waals surface area contributed by atoms with Crippen LogP contribution in [0.2, 0.25) is 0 Å². The van der Waals surface area contributed by atoms with Crippen molar-refractivity contribution in [2.24, 2.45) is 11.8 Å². The van der Waals surface area contributed by atoms with Gasteiger partial charge in [-0.1, -0.05) is 0 Å². The second-order valence-electron chi connectivity index (χ2n) is 5.28. The maximum atomic E-state index is 11.7. The van der Waals surface area contributed by atoms with E-state index in [1.165, 1.54) is 12.8 Å². The van der Waals surface area contributed by atoms with E-state index in [0.717, 1.165) is 45.7 Å². The van der Waals surface area contributed by atoms with Crippen LogP contribution in [0.3, 0.4) is 0 Å². The average molecular weight is 240 g/mol. The summed E-state index contributed by atoms with van der Waals surface area (Å²) in [5.41, 5.74) is 0. The fourth-order valence-electron chi connectivity index (χ4n) is 2.66. The number of carbonyl (C=O) groups excluding carboxylic acids is 1. The Bertz CT molecular complexity index is 234. The van der Waals surface area contributed by atoms with E-state index < -0.39 is 0 Å². The minimum absolute atomic E-state index is 0.220. The lowest BCUT2D eigenvalue weighted by Crippen LogP contribution is -2.34. The number of hydrogen-bond acceptors (Lipinski definition) is 3. The maximum absolute atomic E-state index is 11.7. The van der Waals surface area contributed by atoms with Crippen molar-refractivity contribution in [3.05, 3.63) is 0 Å². The monoisotopic (exact) mass is 240 g/mol. The second-order valence-corrected chi connectivity index (χ2v) is 5.28. The predicted molar refractivity (Wildman–Crippen MR) is 66.8 cm³/mol. The van der Waals surface area contributed by atoms with Crippen LogP contribution in [0.15, 0.2) is 0 Å². The van der Waals surface area contributed by atoms with Gasteiger partial charge in [0.25, 0.3) is 0 Å². The van der Waals surface area contributed by atoms with E-state index in [9.17, 15) is 4.79 Å². The molecule has 2 fully saturated rings. The largest absolute Gasteiger partial charge is 0.381 e. The number of carbonyl (C=O) groups is 1. The summed E-state index contributed by atoms with van der Waals surface area (Å²) >= 11 is 0. The van der Waals surface area contributed by atoms with E-state index in [2.05, 4.69) is 10.6 Å². The van der Waals surface area contributed by atoms with Crippen molar-refractivity contribution in [1.29, 1.82) is 0 Å². The molecule has 2 rings (SSSR count). The quantitative estimate of drug-likeness (QED) is 0.751. The van der Waals surface area contributed by atoms with E-state index in [0.29, 0.717) is 18.3 Å². The topological polar surface area (TPSA) is 50.4 Å². The smallest absolute Gasteiger partial charge is 0.220 e. The number of hydrogen-bond donors (Lipinski definition) is 2. The average Bonchev–Trinajstić information content (AvgIpc) is 2.83. The van der Waals surface area contributed by atoms with Crippen LogP contribution in [0.5, 0.6) is 0 Å². The molecule has 0 aromatic heterocycles. The number of nitrogens with one attached hydrogen (secondary N) is 2. The van der Waals surface area contributed by atoms with Crippen LogP contribution in [0.1, 0.15) is 32.1 Å². The third kappa shape index (κ3) is 4.64. The summed E-state index contributed by atoms with van der Waals surface area (Å²) in [6, 6.07) is 0. The lowest BCUT2D eigenvalue weighted by Gasteiger charge is -2.22. The van der Waals surface area contributed by atoms with E-state index in [1.54, 1.807) is 0 Å². The molecular weight excluding hydrogens is 216 g/mol. The summed E-state index contributed by atoms with van der Waals surface area (Å²) < 4.78 is 5.32. The Labute approximate surface area is 103 Å². The van der Waals surface area contributed by atoms with E-state index in [1.807, 2.05) is 0 Å². The molecule has 4 heteroatoms. The molecule has 0 aromatic rings. The Hall–Kier alpha value is -0.610. The molecule has 2 unspecified atom stereocenters. The minimum Gasteiger partial charge on any atom is -0.381 e. The summed E-state index contributed by atoms with van der Waals surface area (Å²) in [7, 11) is 0. The summed E-state index contributed by atoms with van der Waals surface area (Å²) in [5, 5.41) is 6.38. The molecule has 2 heterocycles. The molecule has 0 bridgehead atoms. The Kier molecular flexibility index (Phi) is 5.26. The molecule has 0 aliphatic carbocycles. The first-order chi connectivity index (χ1) is 8.34. The van der Waals surface area contributed by atoms with Crippen LogP contribution >= 0.6 is 0 Å². The number of ether oxygens (including phenoxy) is 1. The van der Waals surface area contributed by atoms with Crippen LogP contribution in [0.25, 0.3) is 0 Å². The van der Waals surface area contributed by atoms with Crippen molar-refractivity contribution < 1.29 is 9.53 Å². The third-order valence-electron chi connectivity index (χ3n) is 3.77. The van der Waals surface area contributed by atoms with E-state index in [-0.39, 0.29) is 5.91 Å². The van der Waals surface area contributed by atoms with Crippen molar-refractivity contribution in [1.82, 2.24) is 10.6 Å². The first kappa shape index (κ1) is 12.8. The molecular formula is C13H24N2O2. The molecule has 98 valence electrons. The SMILES string of the molecule is O=C(CC1CCCNC1)NCCC1CCOC1. The highest BCUT2D eigenvalue weighted by molar-refractivity contribution is 5.76. The van der Waals surface area contributed by atoms with Gasteiger partial charge in [-0.15, -0.1) is 0 Å². The van der Waals surface area contributed by atoms with E-state index >= 15 is 0 Å². The lowest BCUT2D eigenvalue weighted by molar-refractivity contribution is -0.122. The molecule has 2 aliphatic rings. The van der Waals surface area contributed by atoms with Crippen molar-refractivity contribution in [2.45, 2.75) is 32.1 Å². The molecule has 0 radical (unpaired) electrons. The van der Waals surface area contributed by atoms with Crippen LogP contribution in [0.4, 0.5) is 0 Å². The Balaban J connectivity index is 1.53. The Morgan fingerprint density at radius 3 is 3.00 bits per heavy atom. The highest BCUT2D eigenvalue weighted by Gasteiger charge is 2.18. The Morgan fingerprint density at radius 1 is 1.35 bits per heavy atom. The maximum Gasteiger partial charge on any atom is 0.220 e. The number of amides is 1. The van der Waals surface area contributed by atoms with Crippen LogP contribution in [-0.2, 0) is 9.53 Å². The second kappa shape index (κ2) is 6.97. The number of rotatable bonds is 5. The minimum atomic E-state index is 0.220. The zero-order valence-corrected chi connectivity index (χ0v) is 10.5. The zero-order chi connectivity index (χ0) is 11.9. The van der Waals surface area contributed by atoms with Gasteiger partial charge < -0.3 is 15.4 Å². The van der Waals surface area contributed by atoms with Crippen LogP contribution in [0, 0.1) is 11.8 Å². The summed E-state index contributed by atoms with van der Waals surface area (Å²) in [5.74, 6) is 1.42. The van der Waals surface area contributed by atoms with Gasteiger partial charge in [0.1, 0.15) is 0 Å². The van der Waals surface area contributed by atoms with Gasteiger partial charge in [0.2, 0.25) is 5.91 Å². The van der Waals surface area contributed by atoms with Crippen molar-refractivity contribution in [3.63, 3.8) is 0 Å². The summed E-state index contributed by atoms with van der Waals surface area (Å²) in [4.78, 5) is 11.7. The van der Waals surface area contributed by atoms with Crippen LogP contribution in [-0.4, -0.2) is 38.8 Å². The van der Waals surface area contributed by atoms with Gasteiger partial charge in [-0.3, -0.25) is 4.79 Å². The fraction of sp³-hybridized carbons (Fsp3) is 0.923. The zero-order valence-electron chi connectivity index (χ0n) is 10.5. The molecule has 2 atom stereocenters. The molecule has 2 aliphatic heterocycles. The number of piperidine rings is 1. The molecule has 0 saturated carbocycles. The molecule has 0 aromatic carbocycles. The first-order valence-electron chi connectivity index (χ1n) is 6.90. The molecule has 0 spiro atoms. The van der Waals surface area contributed by atoms with Gasteiger partial charge in [-0.2, -0.15) is 0 Å². The van der Waals surface area contributed by atoms with E-state index in [4.69, 9.17) is 4.74 Å². The normalized spacial score (nSPS) is 29.2. The van der Waals surface area contributed by atoms with Gasteiger partial charge in [-0.25, -0.2) is 0 Å². The predicted octanol–water partition coefficient (Wildman–Crippen LogP) is 0.919. The fourth-order valence-corrected chi connectivity index (χ4v) is 2.66. The summed E-state index contributed by atoms with van der Waals surface area (Å²) in [6.45, 7) is 4.70. The Morgan fingerprint density at radius 2 is 2.29 bits per heavy atom. The van der Waals surface area contributed by atoms with Gasteiger partial charge >= 0.3 is 0 Å². The van der Waals surface area contributed by atoms with Crippen molar-refractivity contribution in [3.8, 4) is 0 Å². The van der Waals surface area contributed by atoms with Gasteiger partial charge in [0, 0.05) is 26.2 Å². The van der Waals surface area contributed by atoms with Crippen molar-refractivity contribution >= 4 is 5.91 Å². The molecule has 4 nitrogen and oxygen atoms in total. The van der Waals surface area contributed by atoms with Crippen LogP contribution < -0.4 is 10.6 Å². The molecule has 1 amide bonds. The molecule has 17 heavy (non-hydrogen) atoms. The van der Waals surface area contributed by atoms with Gasteiger partial charge in [-0.05, 0) is 50.6 Å². The van der Waals surface area contributed by atoms with Gasteiger partial charge in [0.15, 0.2) is 0 Å². The van der Waals surface area contributed by atoms with Crippen molar-refractivity contribution in [2.75, 3.05) is 32.8 Å². The highest BCUT2D eigenvalue weighted by atomic mass is 16.5. The molecule has 2 saturated heterocycles.